The molecule has 0 amide bonds. The van der Waals surface area contributed by atoms with Crippen LogP contribution in [-0.4, -0.2) is 13.1 Å². The lowest BCUT2D eigenvalue weighted by Crippen LogP contribution is -2.38. The summed E-state index contributed by atoms with van der Waals surface area (Å²) in [5, 5.41) is 3.56. The Morgan fingerprint density at radius 1 is 1.11 bits per heavy atom. The van der Waals surface area contributed by atoms with Gasteiger partial charge >= 0.3 is 0 Å². The molecule has 0 aliphatic carbocycles. The van der Waals surface area contributed by atoms with Gasteiger partial charge in [-0.2, -0.15) is 0 Å². The molecule has 0 heterocycles. The normalized spacial score (nSPS) is 11.8. The molecule has 0 saturated carbocycles. The Morgan fingerprint density at radius 2 is 1.78 bits per heavy atom. The fraction of sp³-hybridized carbons (Fsp3) is 0.625. The molecule has 1 aromatic carbocycles. The minimum Gasteiger partial charge on any atom is -0.316 e. The first kappa shape index (κ1) is 15.7. The summed E-state index contributed by atoms with van der Waals surface area (Å²) < 4.78 is 1.19. The molecule has 0 aromatic heterocycles. The smallest absolute Gasteiger partial charge is 0.0178 e. The third-order valence-corrected chi connectivity index (χ3v) is 4.10. The number of nitrogens with one attached hydrogen (secondary N) is 1. The zero-order valence-electron chi connectivity index (χ0n) is 11.9. The molecule has 0 aliphatic heterocycles. The lowest BCUT2D eigenvalue weighted by atomic mass is 9.73. The Morgan fingerprint density at radius 3 is 2.28 bits per heavy atom. The van der Waals surface area contributed by atoms with Gasteiger partial charge in [-0.25, -0.2) is 0 Å². The second kappa shape index (κ2) is 7.96. The number of benzene rings is 1. The molecule has 0 atom stereocenters. The molecule has 0 unspecified atom stereocenters. The number of hydrogen-bond acceptors (Lipinski definition) is 1. The van der Waals surface area contributed by atoms with Crippen molar-refractivity contribution in [2.75, 3.05) is 13.1 Å². The van der Waals surface area contributed by atoms with Gasteiger partial charge in [0.15, 0.2) is 0 Å². The van der Waals surface area contributed by atoms with Crippen LogP contribution < -0.4 is 5.32 Å². The van der Waals surface area contributed by atoms with Crippen LogP contribution in [0.3, 0.4) is 0 Å². The first-order chi connectivity index (χ1) is 8.68. The van der Waals surface area contributed by atoms with Crippen molar-refractivity contribution in [3.63, 3.8) is 0 Å². The third kappa shape index (κ3) is 4.10. The first-order valence-corrected chi connectivity index (χ1v) is 7.94. The highest BCUT2D eigenvalue weighted by Gasteiger charge is 2.29. The van der Waals surface area contributed by atoms with Gasteiger partial charge in [0.25, 0.3) is 0 Å². The molecule has 2 heteroatoms. The fourth-order valence-electron chi connectivity index (χ4n) is 2.83. The zero-order chi connectivity index (χ0) is 13.4. The molecule has 0 spiro atoms. The summed E-state index contributed by atoms with van der Waals surface area (Å²) in [5.74, 6) is 0. The van der Waals surface area contributed by atoms with Crippen LogP contribution in [-0.2, 0) is 5.41 Å². The maximum absolute atomic E-state index is 3.60. The standard InChI is InChI=1S/C16H26BrN/c1-4-10-16(11-5-2,13-18-6-3)14-8-7-9-15(17)12-14/h7-9,12,18H,4-6,10-11,13H2,1-3H3. The molecule has 1 nitrogen and oxygen atoms in total. The Labute approximate surface area is 120 Å². The van der Waals surface area contributed by atoms with E-state index in [0.29, 0.717) is 5.41 Å². The van der Waals surface area contributed by atoms with Crippen molar-refractivity contribution in [3.8, 4) is 0 Å². The van der Waals surface area contributed by atoms with E-state index < -0.39 is 0 Å². The van der Waals surface area contributed by atoms with E-state index in [1.54, 1.807) is 0 Å². The summed E-state index contributed by atoms with van der Waals surface area (Å²) in [6.07, 6.45) is 4.98. The van der Waals surface area contributed by atoms with E-state index in [1.165, 1.54) is 35.7 Å². The van der Waals surface area contributed by atoms with Gasteiger partial charge < -0.3 is 5.32 Å². The van der Waals surface area contributed by atoms with Gasteiger partial charge in [0, 0.05) is 16.4 Å². The number of rotatable bonds is 8. The van der Waals surface area contributed by atoms with Crippen LogP contribution in [0.2, 0.25) is 0 Å². The van der Waals surface area contributed by atoms with Gasteiger partial charge in [0.1, 0.15) is 0 Å². The van der Waals surface area contributed by atoms with Crippen LogP contribution in [0, 0.1) is 0 Å². The molecule has 1 aromatic rings. The monoisotopic (exact) mass is 311 g/mol. The highest BCUT2D eigenvalue weighted by atomic mass is 79.9. The summed E-state index contributed by atoms with van der Waals surface area (Å²) >= 11 is 3.60. The van der Waals surface area contributed by atoms with Crippen molar-refractivity contribution in [3.05, 3.63) is 34.3 Å². The van der Waals surface area contributed by atoms with Crippen molar-refractivity contribution in [2.45, 2.75) is 51.9 Å². The van der Waals surface area contributed by atoms with Crippen molar-refractivity contribution < 1.29 is 0 Å². The molecular weight excluding hydrogens is 286 g/mol. The summed E-state index contributed by atoms with van der Waals surface area (Å²) in [6, 6.07) is 8.85. The Bertz CT molecular complexity index is 343. The lowest BCUT2D eigenvalue weighted by Gasteiger charge is -2.35. The zero-order valence-corrected chi connectivity index (χ0v) is 13.5. The molecule has 0 radical (unpaired) electrons. The molecule has 0 aliphatic rings. The van der Waals surface area contributed by atoms with Crippen molar-refractivity contribution in [2.24, 2.45) is 0 Å². The van der Waals surface area contributed by atoms with Gasteiger partial charge in [-0.3, -0.25) is 0 Å². The third-order valence-electron chi connectivity index (χ3n) is 3.61. The van der Waals surface area contributed by atoms with Crippen LogP contribution >= 0.6 is 15.9 Å². The minimum absolute atomic E-state index is 0.295. The Kier molecular flexibility index (Phi) is 6.95. The maximum atomic E-state index is 3.60. The highest BCUT2D eigenvalue weighted by Crippen LogP contribution is 2.35. The van der Waals surface area contributed by atoms with E-state index in [9.17, 15) is 0 Å². The van der Waals surface area contributed by atoms with E-state index in [4.69, 9.17) is 0 Å². The van der Waals surface area contributed by atoms with Crippen LogP contribution in [0.4, 0.5) is 0 Å². The van der Waals surface area contributed by atoms with Crippen LogP contribution in [0.15, 0.2) is 28.7 Å². The summed E-state index contributed by atoms with van der Waals surface area (Å²) in [6.45, 7) is 8.89. The van der Waals surface area contributed by atoms with E-state index >= 15 is 0 Å². The number of likely N-dealkylation sites (N-methyl/N-ethyl adjacent to an activating group) is 1. The largest absolute Gasteiger partial charge is 0.316 e. The number of halogens is 1. The molecule has 0 saturated heterocycles. The second-order valence-electron chi connectivity index (χ2n) is 5.07. The van der Waals surface area contributed by atoms with Gasteiger partial charge in [-0.1, -0.05) is 61.7 Å². The van der Waals surface area contributed by atoms with Crippen LogP contribution in [0.25, 0.3) is 0 Å². The Balaban J connectivity index is 3.05. The predicted molar refractivity (Wildman–Crippen MR) is 84.2 cm³/mol. The highest BCUT2D eigenvalue weighted by molar-refractivity contribution is 9.10. The molecular formula is C16H26BrN. The quantitative estimate of drug-likeness (QED) is 0.720. The molecule has 102 valence electrons. The SMILES string of the molecule is CCCC(CCC)(CNCC)c1cccc(Br)c1. The van der Waals surface area contributed by atoms with E-state index in [-0.39, 0.29) is 0 Å². The van der Waals surface area contributed by atoms with E-state index in [1.807, 2.05) is 0 Å². The first-order valence-electron chi connectivity index (χ1n) is 7.15. The summed E-state index contributed by atoms with van der Waals surface area (Å²) in [7, 11) is 0. The average molecular weight is 312 g/mol. The van der Waals surface area contributed by atoms with Crippen LogP contribution in [0.1, 0.15) is 52.0 Å². The molecule has 0 fully saturated rings. The van der Waals surface area contributed by atoms with E-state index in [0.717, 1.165) is 13.1 Å². The lowest BCUT2D eigenvalue weighted by molar-refractivity contribution is 0.338. The maximum Gasteiger partial charge on any atom is 0.0178 e. The molecule has 18 heavy (non-hydrogen) atoms. The van der Waals surface area contributed by atoms with Gasteiger partial charge in [0.05, 0.1) is 0 Å². The van der Waals surface area contributed by atoms with Crippen molar-refractivity contribution >= 4 is 15.9 Å². The van der Waals surface area contributed by atoms with E-state index in [2.05, 4.69) is 66.3 Å². The Hall–Kier alpha value is -0.340. The minimum atomic E-state index is 0.295. The van der Waals surface area contributed by atoms with Gasteiger partial charge in [-0.05, 0) is 37.1 Å². The average Bonchev–Trinajstić information content (AvgIpc) is 2.36. The van der Waals surface area contributed by atoms with Gasteiger partial charge in [0.2, 0.25) is 0 Å². The van der Waals surface area contributed by atoms with Crippen molar-refractivity contribution in [1.82, 2.24) is 5.32 Å². The van der Waals surface area contributed by atoms with Crippen molar-refractivity contribution in [1.29, 1.82) is 0 Å². The molecule has 1 rings (SSSR count). The summed E-state index contributed by atoms with van der Waals surface area (Å²) in [5.41, 5.74) is 1.77. The fourth-order valence-corrected chi connectivity index (χ4v) is 3.23. The molecule has 0 bridgehead atoms. The summed E-state index contributed by atoms with van der Waals surface area (Å²) in [4.78, 5) is 0. The second-order valence-corrected chi connectivity index (χ2v) is 5.99. The molecule has 1 N–H and O–H groups in total. The van der Waals surface area contributed by atoms with Gasteiger partial charge in [-0.15, -0.1) is 0 Å². The van der Waals surface area contributed by atoms with Crippen LogP contribution in [0.5, 0.6) is 0 Å². The topological polar surface area (TPSA) is 12.0 Å². The predicted octanol–water partition coefficient (Wildman–Crippen LogP) is 4.90. The number of hydrogen-bond donors (Lipinski definition) is 1.